The van der Waals surface area contributed by atoms with E-state index in [9.17, 15) is 4.79 Å². The molecule has 1 amide bonds. The van der Waals surface area contributed by atoms with Crippen molar-refractivity contribution in [1.29, 1.82) is 0 Å². The maximum atomic E-state index is 12.7. The van der Waals surface area contributed by atoms with Gasteiger partial charge in [-0.15, -0.1) is 0 Å². The van der Waals surface area contributed by atoms with Crippen LogP contribution in [0.25, 0.3) is 0 Å². The van der Waals surface area contributed by atoms with Crippen LogP contribution in [0.15, 0.2) is 18.2 Å². The molecule has 2 aliphatic heterocycles. The molecule has 120 valence electrons. The highest BCUT2D eigenvalue weighted by atomic mass is 16.6. The predicted octanol–water partition coefficient (Wildman–Crippen LogP) is 2.03. The van der Waals surface area contributed by atoms with Crippen LogP contribution in [0.4, 0.5) is 0 Å². The van der Waals surface area contributed by atoms with Crippen LogP contribution in [-0.2, 0) is 14.9 Å². The van der Waals surface area contributed by atoms with Crippen molar-refractivity contribution in [2.45, 2.75) is 38.1 Å². The Kier molecular flexibility index (Phi) is 4.25. The number of ether oxygens (including phenoxy) is 3. The molecule has 22 heavy (non-hydrogen) atoms. The second-order valence-electron chi connectivity index (χ2n) is 6.34. The van der Waals surface area contributed by atoms with E-state index < -0.39 is 5.41 Å². The summed E-state index contributed by atoms with van der Waals surface area (Å²) in [4.78, 5) is 12.7. The van der Waals surface area contributed by atoms with E-state index in [1.54, 1.807) is 0 Å². The van der Waals surface area contributed by atoms with E-state index in [0.29, 0.717) is 13.2 Å². The number of carbonyl (C=O) groups is 1. The summed E-state index contributed by atoms with van der Waals surface area (Å²) in [5.74, 6) is 1.50. The van der Waals surface area contributed by atoms with E-state index in [1.807, 2.05) is 32.0 Å². The number of hydrogen-bond acceptors (Lipinski definition) is 4. The van der Waals surface area contributed by atoms with Crippen molar-refractivity contribution in [2.24, 2.45) is 0 Å². The second-order valence-corrected chi connectivity index (χ2v) is 6.34. The van der Waals surface area contributed by atoms with Gasteiger partial charge in [-0.1, -0.05) is 6.07 Å². The maximum Gasteiger partial charge on any atom is 0.230 e. The summed E-state index contributed by atoms with van der Waals surface area (Å²) in [7, 11) is 0. The van der Waals surface area contributed by atoms with Gasteiger partial charge < -0.3 is 19.5 Å². The zero-order valence-electron chi connectivity index (χ0n) is 13.2. The molecule has 0 atom stereocenters. The summed E-state index contributed by atoms with van der Waals surface area (Å²) in [5.41, 5.74) is 0.315. The van der Waals surface area contributed by atoms with Gasteiger partial charge in [0, 0.05) is 19.3 Å². The third kappa shape index (κ3) is 3.04. The number of carbonyl (C=O) groups excluding carboxylic acids is 1. The Labute approximate surface area is 130 Å². The highest BCUT2D eigenvalue weighted by molar-refractivity contribution is 5.87. The predicted molar refractivity (Wildman–Crippen MR) is 82.4 cm³/mol. The molecule has 5 nitrogen and oxygen atoms in total. The van der Waals surface area contributed by atoms with Gasteiger partial charge in [0.1, 0.15) is 13.2 Å². The molecule has 1 saturated heterocycles. The van der Waals surface area contributed by atoms with E-state index >= 15 is 0 Å². The molecule has 0 bridgehead atoms. The summed E-state index contributed by atoms with van der Waals surface area (Å²) >= 11 is 0. The van der Waals surface area contributed by atoms with Crippen LogP contribution in [0.3, 0.4) is 0 Å². The van der Waals surface area contributed by atoms with Crippen molar-refractivity contribution in [1.82, 2.24) is 5.32 Å². The smallest absolute Gasteiger partial charge is 0.230 e. The first-order valence-corrected chi connectivity index (χ1v) is 7.86. The van der Waals surface area contributed by atoms with Crippen molar-refractivity contribution in [3.63, 3.8) is 0 Å². The second kappa shape index (κ2) is 6.16. The molecule has 2 aliphatic rings. The van der Waals surface area contributed by atoms with Crippen molar-refractivity contribution < 1.29 is 19.0 Å². The zero-order chi connectivity index (χ0) is 15.6. The number of fused-ring (bicyclic) bond motifs is 1. The summed E-state index contributed by atoms with van der Waals surface area (Å²) < 4.78 is 16.5. The van der Waals surface area contributed by atoms with Gasteiger partial charge in [0.2, 0.25) is 5.91 Å². The summed E-state index contributed by atoms with van der Waals surface area (Å²) in [6.45, 7) is 6.43. The molecule has 1 aromatic carbocycles. The highest BCUT2D eigenvalue weighted by Gasteiger charge is 2.32. The van der Waals surface area contributed by atoms with Gasteiger partial charge in [-0.25, -0.2) is 0 Å². The first-order valence-electron chi connectivity index (χ1n) is 7.86. The normalized spacial score (nSPS) is 18.8. The highest BCUT2D eigenvalue weighted by Crippen LogP contribution is 2.35. The molecule has 0 radical (unpaired) electrons. The lowest BCUT2D eigenvalue weighted by molar-refractivity contribution is -0.127. The van der Waals surface area contributed by atoms with Crippen LogP contribution in [0, 0.1) is 0 Å². The quantitative estimate of drug-likeness (QED) is 0.928. The molecular weight excluding hydrogens is 282 g/mol. The molecule has 0 saturated carbocycles. The van der Waals surface area contributed by atoms with Gasteiger partial charge in [0.25, 0.3) is 0 Å². The van der Waals surface area contributed by atoms with E-state index in [4.69, 9.17) is 14.2 Å². The van der Waals surface area contributed by atoms with E-state index in [0.717, 1.165) is 43.1 Å². The monoisotopic (exact) mass is 305 g/mol. The fraction of sp³-hybridized carbons (Fsp3) is 0.588. The molecule has 0 spiro atoms. The SMILES string of the molecule is CC(C)(C(=O)NC1CCOCC1)c1ccc2c(c1)OCCO2. The Bertz CT molecular complexity index is 550. The van der Waals surface area contributed by atoms with Gasteiger partial charge in [-0.05, 0) is 44.4 Å². The number of amides is 1. The first-order chi connectivity index (χ1) is 10.6. The zero-order valence-corrected chi connectivity index (χ0v) is 13.2. The van der Waals surface area contributed by atoms with E-state index in [-0.39, 0.29) is 11.9 Å². The minimum absolute atomic E-state index is 0.0380. The molecule has 5 heteroatoms. The Morgan fingerprint density at radius 1 is 1.09 bits per heavy atom. The number of rotatable bonds is 3. The third-order valence-electron chi connectivity index (χ3n) is 4.39. The molecule has 1 aromatic rings. The molecule has 0 aliphatic carbocycles. The molecule has 1 fully saturated rings. The summed E-state index contributed by atoms with van der Waals surface area (Å²) in [6, 6.07) is 5.94. The first kappa shape index (κ1) is 15.2. The largest absolute Gasteiger partial charge is 0.486 e. The number of benzene rings is 1. The number of nitrogens with one attached hydrogen (secondary N) is 1. The Morgan fingerprint density at radius 2 is 1.77 bits per heavy atom. The number of hydrogen-bond donors (Lipinski definition) is 1. The summed E-state index contributed by atoms with van der Waals surface area (Å²) in [6.07, 6.45) is 1.76. The Hall–Kier alpha value is -1.75. The maximum absolute atomic E-state index is 12.7. The fourth-order valence-corrected chi connectivity index (χ4v) is 2.77. The third-order valence-corrected chi connectivity index (χ3v) is 4.39. The molecular formula is C17H23NO4. The molecule has 2 heterocycles. The lowest BCUT2D eigenvalue weighted by Crippen LogP contribution is -2.47. The average Bonchev–Trinajstić information content (AvgIpc) is 2.55. The van der Waals surface area contributed by atoms with Crippen LogP contribution in [-0.4, -0.2) is 38.4 Å². The van der Waals surface area contributed by atoms with Gasteiger partial charge in [0.15, 0.2) is 11.5 Å². The van der Waals surface area contributed by atoms with Gasteiger partial charge in [-0.2, -0.15) is 0 Å². The van der Waals surface area contributed by atoms with Gasteiger partial charge >= 0.3 is 0 Å². The summed E-state index contributed by atoms with van der Waals surface area (Å²) in [5, 5.41) is 3.15. The van der Waals surface area contributed by atoms with Crippen LogP contribution < -0.4 is 14.8 Å². The van der Waals surface area contributed by atoms with Crippen LogP contribution >= 0.6 is 0 Å². The molecule has 0 aromatic heterocycles. The molecule has 0 unspecified atom stereocenters. The van der Waals surface area contributed by atoms with Gasteiger partial charge in [0.05, 0.1) is 5.41 Å². The van der Waals surface area contributed by atoms with E-state index in [2.05, 4.69) is 5.32 Å². The van der Waals surface area contributed by atoms with Crippen molar-refractivity contribution >= 4 is 5.91 Å². The lowest BCUT2D eigenvalue weighted by atomic mass is 9.83. The Morgan fingerprint density at radius 3 is 2.50 bits per heavy atom. The minimum atomic E-state index is -0.617. The van der Waals surface area contributed by atoms with Crippen LogP contribution in [0.1, 0.15) is 32.3 Å². The molecule has 1 N–H and O–H groups in total. The van der Waals surface area contributed by atoms with Crippen molar-refractivity contribution in [2.75, 3.05) is 26.4 Å². The standard InChI is InChI=1S/C17H23NO4/c1-17(2,16(19)18-13-5-7-20-8-6-13)12-3-4-14-15(11-12)22-10-9-21-14/h3-4,11,13H,5-10H2,1-2H3,(H,18,19). The van der Waals surface area contributed by atoms with Crippen molar-refractivity contribution in [3.8, 4) is 11.5 Å². The van der Waals surface area contributed by atoms with Crippen LogP contribution in [0.5, 0.6) is 11.5 Å². The Balaban J connectivity index is 1.74. The molecule has 3 rings (SSSR count). The van der Waals surface area contributed by atoms with Crippen molar-refractivity contribution in [3.05, 3.63) is 23.8 Å². The van der Waals surface area contributed by atoms with E-state index in [1.165, 1.54) is 0 Å². The lowest BCUT2D eigenvalue weighted by Gasteiger charge is -2.30. The minimum Gasteiger partial charge on any atom is -0.486 e. The average molecular weight is 305 g/mol. The topological polar surface area (TPSA) is 56.8 Å². The van der Waals surface area contributed by atoms with Gasteiger partial charge in [-0.3, -0.25) is 4.79 Å². The van der Waals surface area contributed by atoms with Crippen LogP contribution in [0.2, 0.25) is 0 Å². The fourth-order valence-electron chi connectivity index (χ4n) is 2.77.